The first-order valence-electron chi connectivity index (χ1n) is 19.1. The van der Waals surface area contributed by atoms with Crippen LogP contribution in [0, 0.1) is 0 Å². The van der Waals surface area contributed by atoms with Gasteiger partial charge in [-0.3, -0.25) is 9.97 Å². The first-order valence-corrected chi connectivity index (χ1v) is 19.1. The number of fused-ring (bicyclic) bond motifs is 6. The molecule has 0 aliphatic rings. The van der Waals surface area contributed by atoms with Crippen LogP contribution in [-0.4, -0.2) is 14.5 Å². The average molecular weight is 731 g/mol. The Morgan fingerprint density at radius 1 is 0.368 bits per heavy atom. The fourth-order valence-corrected chi connectivity index (χ4v) is 8.22. The van der Waals surface area contributed by atoms with E-state index in [0.717, 1.165) is 83.8 Å². The van der Waals surface area contributed by atoms with Crippen LogP contribution in [-0.2, 0) is 0 Å². The molecule has 0 radical (unpaired) electrons. The zero-order valence-electron chi connectivity index (χ0n) is 30.8. The molecule has 0 saturated heterocycles. The molecule has 0 fully saturated rings. The molecule has 7 aromatic carbocycles. The van der Waals surface area contributed by atoms with Crippen LogP contribution in [0.4, 0.5) is 17.1 Å². The molecule has 4 heterocycles. The van der Waals surface area contributed by atoms with Crippen LogP contribution in [0.5, 0.6) is 0 Å². The van der Waals surface area contributed by atoms with Crippen LogP contribution in [0.3, 0.4) is 0 Å². The molecule has 11 rings (SSSR count). The van der Waals surface area contributed by atoms with Gasteiger partial charge in [-0.2, -0.15) is 0 Å². The Labute approximate surface area is 329 Å². The molecule has 5 nitrogen and oxygen atoms in total. The van der Waals surface area contributed by atoms with Crippen LogP contribution >= 0.6 is 0 Å². The van der Waals surface area contributed by atoms with E-state index in [0.29, 0.717) is 0 Å². The van der Waals surface area contributed by atoms with E-state index in [9.17, 15) is 0 Å². The second-order valence-corrected chi connectivity index (χ2v) is 14.3. The highest BCUT2D eigenvalue weighted by atomic mass is 16.3. The number of pyridine rings is 2. The molecule has 0 unspecified atom stereocenters. The van der Waals surface area contributed by atoms with E-state index in [1.54, 1.807) is 0 Å². The van der Waals surface area contributed by atoms with E-state index in [1.165, 1.54) is 16.3 Å². The van der Waals surface area contributed by atoms with E-state index in [4.69, 9.17) is 4.42 Å². The van der Waals surface area contributed by atoms with E-state index in [2.05, 4.69) is 177 Å². The maximum Gasteiger partial charge on any atom is 0.137 e. The first-order chi connectivity index (χ1) is 28.2. The van der Waals surface area contributed by atoms with Crippen LogP contribution in [0.15, 0.2) is 211 Å². The summed E-state index contributed by atoms with van der Waals surface area (Å²) >= 11 is 0. The molecule has 0 bridgehead atoms. The summed E-state index contributed by atoms with van der Waals surface area (Å²) < 4.78 is 8.91. The normalized spacial score (nSPS) is 11.5. The quantitative estimate of drug-likeness (QED) is 0.164. The van der Waals surface area contributed by atoms with Gasteiger partial charge in [0.1, 0.15) is 11.2 Å². The van der Waals surface area contributed by atoms with Gasteiger partial charge in [0.2, 0.25) is 0 Å². The summed E-state index contributed by atoms with van der Waals surface area (Å²) in [6.07, 6.45) is 3.68. The number of benzene rings is 7. The highest BCUT2D eigenvalue weighted by molar-refractivity contribution is 6.17. The van der Waals surface area contributed by atoms with Crippen molar-refractivity contribution >= 4 is 60.8 Å². The lowest BCUT2D eigenvalue weighted by atomic mass is 10.0. The third kappa shape index (κ3) is 5.72. The second-order valence-electron chi connectivity index (χ2n) is 14.3. The van der Waals surface area contributed by atoms with Crippen LogP contribution in [0.25, 0.3) is 83.1 Å². The Balaban J connectivity index is 1.05. The smallest absolute Gasteiger partial charge is 0.137 e. The van der Waals surface area contributed by atoms with Crippen molar-refractivity contribution in [3.63, 3.8) is 0 Å². The SMILES string of the molecule is c1ccc(-n2c3ccccc3c3cc4c(cc32)oc2ccc(-c3cccc(N(c5cccc(-c6ccccn6)c5)c5cccc(-c6ccccn6)c5)c3)cc24)cc1. The molecular formula is C52H34N4O. The van der Waals surface area contributed by atoms with Crippen molar-refractivity contribution in [2.45, 2.75) is 0 Å². The number of hydrogen-bond acceptors (Lipinski definition) is 4. The van der Waals surface area contributed by atoms with Gasteiger partial charge in [0.15, 0.2) is 0 Å². The molecule has 5 heteroatoms. The lowest BCUT2D eigenvalue weighted by Gasteiger charge is -2.27. The van der Waals surface area contributed by atoms with Crippen molar-refractivity contribution in [2.75, 3.05) is 4.90 Å². The van der Waals surface area contributed by atoms with Gasteiger partial charge in [-0.15, -0.1) is 0 Å². The number of aromatic nitrogens is 3. The summed E-state index contributed by atoms with van der Waals surface area (Å²) in [5, 5.41) is 4.62. The van der Waals surface area contributed by atoms with E-state index < -0.39 is 0 Å². The third-order valence-electron chi connectivity index (χ3n) is 10.8. The minimum atomic E-state index is 0.868. The zero-order valence-corrected chi connectivity index (χ0v) is 30.8. The van der Waals surface area contributed by atoms with E-state index in [1.807, 2.05) is 48.8 Å². The Kier molecular flexibility index (Phi) is 7.74. The van der Waals surface area contributed by atoms with Gasteiger partial charge >= 0.3 is 0 Å². The van der Waals surface area contributed by atoms with Crippen molar-refractivity contribution in [3.05, 3.63) is 207 Å². The summed E-state index contributed by atoms with van der Waals surface area (Å²) in [4.78, 5) is 11.6. The van der Waals surface area contributed by atoms with Crippen LogP contribution < -0.4 is 4.90 Å². The molecule has 0 aliphatic carbocycles. The van der Waals surface area contributed by atoms with Gasteiger partial charge in [0.25, 0.3) is 0 Å². The fourth-order valence-electron chi connectivity index (χ4n) is 8.22. The number of rotatable bonds is 7. The molecule has 0 aliphatic heterocycles. The van der Waals surface area contributed by atoms with Gasteiger partial charge in [-0.05, 0) is 108 Å². The summed E-state index contributed by atoms with van der Waals surface area (Å²) in [6.45, 7) is 0. The summed E-state index contributed by atoms with van der Waals surface area (Å²) in [5.74, 6) is 0. The Bertz CT molecular complexity index is 3160. The molecule has 0 spiro atoms. The molecule has 57 heavy (non-hydrogen) atoms. The third-order valence-corrected chi connectivity index (χ3v) is 10.8. The maximum absolute atomic E-state index is 6.58. The Hall–Kier alpha value is -7.76. The number of nitrogens with zero attached hydrogens (tertiary/aromatic N) is 4. The van der Waals surface area contributed by atoms with Crippen LogP contribution in [0.1, 0.15) is 0 Å². The predicted octanol–water partition coefficient (Wildman–Crippen LogP) is 13.9. The zero-order chi connectivity index (χ0) is 37.7. The van der Waals surface area contributed by atoms with Crippen LogP contribution in [0.2, 0.25) is 0 Å². The van der Waals surface area contributed by atoms with Crippen molar-refractivity contribution in [1.29, 1.82) is 0 Å². The Morgan fingerprint density at radius 3 is 1.61 bits per heavy atom. The molecule has 0 atom stereocenters. The van der Waals surface area contributed by atoms with Crippen molar-refractivity contribution in [1.82, 2.24) is 14.5 Å². The summed E-state index contributed by atoms with van der Waals surface area (Å²) in [7, 11) is 0. The van der Waals surface area contributed by atoms with E-state index >= 15 is 0 Å². The Morgan fingerprint density at radius 2 is 0.947 bits per heavy atom. The standard InChI is InChI=1S/C52H34N4O/c1-2-16-39(17-3-1)56-49-24-5-4-21-43(49)44-33-46-45-32-36(25-26-51(45)57-52(46)34-50(44)56)35-13-10-18-40(29-35)55(41-19-11-14-37(30-41)47-22-6-8-27-53-47)42-20-12-15-38(31-42)48-23-7-9-28-54-48/h1-34H. The molecule has 0 saturated carbocycles. The van der Waals surface area contributed by atoms with Crippen molar-refractivity contribution in [3.8, 4) is 39.3 Å². The summed E-state index contributed by atoms with van der Waals surface area (Å²) in [6, 6.07) is 68.2. The predicted molar refractivity (Wildman–Crippen MR) is 235 cm³/mol. The molecule has 4 aromatic heterocycles. The van der Waals surface area contributed by atoms with Gasteiger partial charge in [-0.1, -0.05) is 91.0 Å². The monoisotopic (exact) mass is 730 g/mol. The van der Waals surface area contributed by atoms with Gasteiger partial charge in [0.05, 0.1) is 22.4 Å². The van der Waals surface area contributed by atoms with Crippen molar-refractivity contribution in [2.24, 2.45) is 0 Å². The van der Waals surface area contributed by atoms with Gasteiger partial charge in [-0.25, -0.2) is 0 Å². The molecule has 0 N–H and O–H groups in total. The lowest BCUT2D eigenvalue weighted by Crippen LogP contribution is -2.10. The molecule has 268 valence electrons. The molecular weight excluding hydrogens is 697 g/mol. The number of para-hydroxylation sites is 2. The number of furan rings is 1. The number of hydrogen-bond donors (Lipinski definition) is 0. The fraction of sp³-hybridized carbons (Fsp3) is 0. The summed E-state index contributed by atoms with van der Waals surface area (Å²) in [5.41, 5.74) is 14.4. The minimum Gasteiger partial charge on any atom is -0.456 e. The highest BCUT2D eigenvalue weighted by Crippen LogP contribution is 2.42. The minimum absolute atomic E-state index is 0.868. The highest BCUT2D eigenvalue weighted by Gasteiger charge is 2.19. The first kappa shape index (κ1) is 32.7. The maximum atomic E-state index is 6.58. The molecule has 0 amide bonds. The van der Waals surface area contributed by atoms with Gasteiger partial charge < -0.3 is 13.9 Å². The average Bonchev–Trinajstić information content (AvgIpc) is 3.81. The second kappa shape index (κ2) is 13.5. The molecule has 11 aromatic rings. The number of anilines is 3. The topological polar surface area (TPSA) is 47.1 Å². The van der Waals surface area contributed by atoms with Crippen molar-refractivity contribution < 1.29 is 4.42 Å². The van der Waals surface area contributed by atoms with E-state index in [-0.39, 0.29) is 0 Å². The lowest BCUT2D eigenvalue weighted by molar-refractivity contribution is 0.669. The largest absolute Gasteiger partial charge is 0.456 e. The van der Waals surface area contributed by atoms with Gasteiger partial charge in [0, 0.05) is 73.9 Å².